The summed E-state index contributed by atoms with van der Waals surface area (Å²) < 4.78 is 11.5. The van der Waals surface area contributed by atoms with E-state index in [-0.39, 0.29) is 0 Å². The highest BCUT2D eigenvalue weighted by Gasteiger charge is 2.26. The summed E-state index contributed by atoms with van der Waals surface area (Å²) in [5.41, 5.74) is 6.67. The van der Waals surface area contributed by atoms with Crippen LogP contribution in [0.25, 0.3) is 11.1 Å². The lowest BCUT2D eigenvalue weighted by Crippen LogP contribution is -2.35. The Morgan fingerprint density at radius 1 is 1.12 bits per heavy atom. The number of fused-ring (bicyclic) bond motifs is 2. The van der Waals surface area contributed by atoms with Gasteiger partial charge < -0.3 is 29.9 Å². The third kappa shape index (κ3) is 6.57. The first-order chi connectivity index (χ1) is 16.0. The van der Waals surface area contributed by atoms with Gasteiger partial charge in [-0.15, -0.1) is 0 Å². The summed E-state index contributed by atoms with van der Waals surface area (Å²) in [5.74, 6) is -1.46. The van der Waals surface area contributed by atoms with Crippen molar-refractivity contribution < 1.29 is 29.3 Å². The van der Waals surface area contributed by atoms with Crippen molar-refractivity contribution in [2.75, 3.05) is 51.4 Å². The fraction of sp³-hybridized carbons (Fsp3) is 0.360. The molecule has 2 aromatic rings. The van der Waals surface area contributed by atoms with E-state index in [9.17, 15) is 9.59 Å². The largest absolute Gasteiger partial charge is 0.489 e. The minimum Gasteiger partial charge on any atom is -0.489 e. The first-order valence-corrected chi connectivity index (χ1v) is 11.0. The maximum absolute atomic E-state index is 9.55. The second kappa shape index (κ2) is 12.0. The Kier molecular flexibility index (Phi) is 8.86. The monoisotopic (exact) mass is 454 g/mol. The molecule has 0 aliphatic carbocycles. The number of ether oxygens (including phenoxy) is 2. The van der Waals surface area contributed by atoms with Crippen molar-refractivity contribution in [3.8, 4) is 16.9 Å². The third-order valence-electron chi connectivity index (χ3n) is 5.53. The molecule has 0 fully saturated rings. The van der Waals surface area contributed by atoms with Gasteiger partial charge in [0.2, 0.25) is 0 Å². The number of methoxy groups -OCH3 is 1. The smallest absolute Gasteiger partial charge is 0.328 e. The zero-order valence-corrected chi connectivity index (χ0v) is 18.8. The normalized spacial score (nSPS) is 14.9. The molecule has 2 aliphatic rings. The van der Waals surface area contributed by atoms with E-state index < -0.39 is 11.9 Å². The van der Waals surface area contributed by atoms with Crippen LogP contribution in [0, 0.1) is 0 Å². The highest BCUT2D eigenvalue weighted by atomic mass is 16.5. The van der Waals surface area contributed by atoms with Crippen LogP contribution in [0.4, 0.5) is 5.69 Å². The molecular formula is C25H30N2O6. The molecule has 8 heteroatoms. The predicted molar refractivity (Wildman–Crippen MR) is 126 cm³/mol. The first-order valence-electron chi connectivity index (χ1n) is 11.0. The van der Waals surface area contributed by atoms with Crippen molar-refractivity contribution in [1.82, 2.24) is 5.32 Å². The number of carboxylic acids is 2. The second-order valence-corrected chi connectivity index (χ2v) is 7.69. The Morgan fingerprint density at radius 2 is 1.82 bits per heavy atom. The number of nitrogens with one attached hydrogen (secondary N) is 1. The Bertz CT molecular complexity index is 974. The zero-order valence-electron chi connectivity index (χ0n) is 18.8. The summed E-state index contributed by atoms with van der Waals surface area (Å²) >= 11 is 0. The molecule has 2 heterocycles. The van der Waals surface area contributed by atoms with Crippen LogP contribution >= 0.6 is 0 Å². The molecule has 2 aliphatic heterocycles. The molecule has 3 N–H and O–H groups in total. The molecule has 0 saturated heterocycles. The third-order valence-corrected chi connectivity index (χ3v) is 5.53. The van der Waals surface area contributed by atoms with Gasteiger partial charge in [0.1, 0.15) is 6.61 Å². The summed E-state index contributed by atoms with van der Waals surface area (Å²) in [4.78, 5) is 21.5. The van der Waals surface area contributed by atoms with E-state index in [1.54, 1.807) is 7.11 Å². The van der Waals surface area contributed by atoms with Gasteiger partial charge in [0.05, 0.1) is 18.8 Å². The number of benzene rings is 2. The van der Waals surface area contributed by atoms with Crippen molar-refractivity contribution in [2.24, 2.45) is 0 Å². The van der Waals surface area contributed by atoms with Crippen molar-refractivity contribution in [1.29, 1.82) is 0 Å². The summed E-state index contributed by atoms with van der Waals surface area (Å²) in [6.07, 6.45) is 3.24. The minimum atomic E-state index is -1.26. The lowest BCUT2D eigenvalue weighted by Gasteiger charge is -2.34. The summed E-state index contributed by atoms with van der Waals surface area (Å²) in [6.45, 7) is 5.35. The number of nitrogens with zero attached hydrogens (tertiary/aromatic N) is 1. The average molecular weight is 455 g/mol. The van der Waals surface area contributed by atoms with Crippen LogP contribution in [0.5, 0.6) is 5.75 Å². The SMILES string of the molecule is COCCN1CCOc2c1cc1c(c2-c2ccccc2)CCNCC1.O=C(O)/C=C/C(=O)O. The van der Waals surface area contributed by atoms with E-state index in [0.717, 1.165) is 58.0 Å². The molecule has 0 amide bonds. The molecule has 0 bridgehead atoms. The zero-order chi connectivity index (χ0) is 23.6. The van der Waals surface area contributed by atoms with Gasteiger partial charge in [0.25, 0.3) is 0 Å². The maximum atomic E-state index is 9.55. The molecule has 176 valence electrons. The molecule has 0 atom stereocenters. The number of carbonyl (C=O) groups is 2. The molecular weight excluding hydrogens is 424 g/mol. The Labute approximate surface area is 193 Å². The van der Waals surface area contributed by atoms with E-state index >= 15 is 0 Å². The van der Waals surface area contributed by atoms with Crippen LogP contribution in [0.15, 0.2) is 48.6 Å². The van der Waals surface area contributed by atoms with Crippen LogP contribution in [0.2, 0.25) is 0 Å². The number of hydrogen-bond donors (Lipinski definition) is 3. The van der Waals surface area contributed by atoms with Crippen LogP contribution in [-0.4, -0.2) is 68.7 Å². The Morgan fingerprint density at radius 3 is 2.48 bits per heavy atom. The lowest BCUT2D eigenvalue weighted by atomic mass is 9.90. The minimum absolute atomic E-state index is 0.558. The van der Waals surface area contributed by atoms with E-state index in [1.165, 1.54) is 27.9 Å². The lowest BCUT2D eigenvalue weighted by molar-refractivity contribution is -0.134. The highest BCUT2D eigenvalue weighted by molar-refractivity contribution is 5.89. The molecule has 0 radical (unpaired) electrons. The topological polar surface area (TPSA) is 108 Å². The van der Waals surface area contributed by atoms with Gasteiger partial charge in [0.15, 0.2) is 5.75 Å². The van der Waals surface area contributed by atoms with Crippen molar-refractivity contribution in [3.05, 3.63) is 59.7 Å². The number of anilines is 1. The van der Waals surface area contributed by atoms with Crippen molar-refractivity contribution in [3.63, 3.8) is 0 Å². The molecule has 8 nitrogen and oxygen atoms in total. The Balaban J connectivity index is 0.000000331. The standard InChI is InChI=1S/C21H26N2O2.C4H4O4/c1-24-13-11-23-12-14-25-21-19(23)15-17-7-9-22-10-8-18(17)20(21)16-5-3-2-4-6-16;5-3(6)1-2-4(7)8/h2-6,15,22H,7-14H2,1H3;1-2H,(H,5,6)(H,7,8)/b;2-1+. The van der Waals surface area contributed by atoms with E-state index in [0.29, 0.717) is 12.2 Å². The van der Waals surface area contributed by atoms with Gasteiger partial charge in [-0.2, -0.15) is 0 Å². The highest BCUT2D eigenvalue weighted by Crippen LogP contribution is 2.45. The number of aliphatic carboxylic acids is 2. The molecule has 0 saturated carbocycles. The summed E-state index contributed by atoms with van der Waals surface area (Å²) in [5, 5.41) is 19.2. The average Bonchev–Trinajstić information content (AvgIpc) is 3.06. The fourth-order valence-corrected chi connectivity index (χ4v) is 4.06. The van der Waals surface area contributed by atoms with E-state index in [1.807, 2.05) is 0 Å². The molecule has 0 spiro atoms. The van der Waals surface area contributed by atoms with Crippen LogP contribution < -0.4 is 15.0 Å². The predicted octanol–water partition coefficient (Wildman–Crippen LogP) is 2.60. The van der Waals surface area contributed by atoms with Gasteiger partial charge in [-0.1, -0.05) is 30.3 Å². The van der Waals surface area contributed by atoms with Gasteiger partial charge in [-0.25, -0.2) is 9.59 Å². The molecule has 4 rings (SSSR count). The van der Waals surface area contributed by atoms with Crippen molar-refractivity contribution >= 4 is 17.6 Å². The molecule has 33 heavy (non-hydrogen) atoms. The van der Waals surface area contributed by atoms with Gasteiger partial charge >= 0.3 is 11.9 Å². The first kappa shape index (κ1) is 24.3. The molecule has 0 aromatic heterocycles. The van der Waals surface area contributed by atoms with E-state index in [2.05, 4.69) is 46.6 Å². The molecule has 2 aromatic carbocycles. The summed E-state index contributed by atoms with van der Waals surface area (Å²) in [6, 6.07) is 13.1. The Hall–Kier alpha value is -3.36. The van der Waals surface area contributed by atoms with Crippen LogP contribution in [-0.2, 0) is 27.2 Å². The second-order valence-electron chi connectivity index (χ2n) is 7.69. The maximum Gasteiger partial charge on any atom is 0.328 e. The van der Waals surface area contributed by atoms with Crippen LogP contribution in [0.1, 0.15) is 11.1 Å². The van der Waals surface area contributed by atoms with E-state index in [4.69, 9.17) is 19.7 Å². The fourth-order valence-electron chi connectivity index (χ4n) is 4.06. The summed E-state index contributed by atoms with van der Waals surface area (Å²) in [7, 11) is 1.76. The number of rotatable bonds is 6. The van der Waals surface area contributed by atoms with Crippen LogP contribution in [0.3, 0.4) is 0 Å². The number of hydrogen-bond acceptors (Lipinski definition) is 6. The van der Waals surface area contributed by atoms with Gasteiger partial charge in [-0.3, -0.25) is 0 Å². The molecule has 0 unspecified atom stereocenters. The van der Waals surface area contributed by atoms with Gasteiger partial charge in [0, 0.05) is 31.4 Å². The van der Waals surface area contributed by atoms with Gasteiger partial charge in [-0.05, 0) is 48.7 Å². The quantitative estimate of drug-likeness (QED) is 0.572. The number of carboxylic acid groups (broad SMARTS) is 2. The van der Waals surface area contributed by atoms with Crippen molar-refractivity contribution in [2.45, 2.75) is 12.8 Å².